The molecule has 0 saturated carbocycles. The van der Waals surface area contributed by atoms with Crippen molar-refractivity contribution in [3.05, 3.63) is 41.5 Å². The van der Waals surface area contributed by atoms with Gasteiger partial charge in [0.15, 0.2) is 0 Å². The minimum absolute atomic E-state index is 0.0781. The Kier molecular flexibility index (Phi) is 3.96. The number of nitrogens with one attached hydrogen (secondary N) is 2. The molecule has 1 saturated heterocycles. The van der Waals surface area contributed by atoms with Crippen molar-refractivity contribution in [2.24, 2.45) is 0 Å². The fourth-order valence-corrected chi connectivity index (χ4v) is 3.64. The van der Waals surface area contributed by atoms with E-state index in [2.05, 4.69) is 48.8 Å². The lowest BCUT2D eigenvalue weighted by atomic mass is 9.75. The van der Waals surface area contributed by atoms with Crippen molar-refractivity contribution in [2.75, 3.05) is 11.9 Å². The zero-order chi connectivity index (χ0) is 15.7. The van der Waals surface area contributed by atoms with Crippen LogP contribution in [0.5, 0.6) is 0 Å². The van der Waals surface area contributed by atoms with Crippen LogP contribution in [0.25, 0.3) is 0 Å². The van der Waals surface area contributed by atoms with E-state index < -0.39 is 0 Å². The molecule has 0 unspecified atom stereocenters. The minimum Gasteiger partial charge on any atom is -0.465 e. The van der Waals surface area contributed by atoms with Gasteiger partial charge in [-0.3, -0.25) is 10.1 Å². The third kappa shape index (κ3) is 2.41. The molecule has 4 nitrogen and oxygen atoms in total. The molecule has 2 heterocycles. The maximum atomic E-state index is 12.1. The SMILES string of the molecule is CCOC(=O)[C@@H]1C[C@@]2(CC=C(C)C)c3ccccc3N[C@H]2N1. The van der Waals surface area contributed by atoms with Crippen LogP contribution in [0.15, 0.2) is 35.9 Å². The van der Waals surface area contributed by atoms with Crippen molar-refractivity contribution in [2.45, 2.75) is 51.2 Å². The lowest BCUT2D eigenvalue weighted by Crippen LogP contribution is -2.43. The number of hydrogen-bond acceptors (Lipinski definition) is 4. The lowest BCUT2D eigenvalue weighted by molar-refractivity contribution is -0.145. The van der Waals surface area contributed by atoms with E-state index >= 15 is 0 Å². The van der Waals surface area contributed by atoms with Crippen molar-refractivity contribution in [1.29, 1.82) is 0 Å². The molecule has 0 aromatic heterocycles. The molecule has 1 aromatic carbocycles. The van der Waals surface area contributed by atoms with Crippen molar-refractivity contribution in [1.82, 2.24) is 5.32 Å². The summed E-state index contributed by atoms with van der Waals surface area (Å²) in [6, 6.07) is 8.17. The Morgan fingerprint density at radius 2 is 2.18 bits per heavy atom. The van der Waals surface area contributed by atoms with Gasteiger partial charge in [0.25, 0.3) is 0 Å². The molecule has 1 aromatic rings. The highest BCUT2D eigenvalue weighted by atomic mass is 16.5. The van der Waals surface area contributed by atoms with Gasteiger partial charge in [-0.2, -0.15) is 0 Å². The van der Waals surface area contributed by atoms with Crippen LogP contribution in [0.1, 0.15) is 39.2 Å². The first-order valence-electron chi connectivity index (χ1n) is 7.99. The van der Waals surface area contributed by atoms with Crippen LogP contribution in [0.3, 0.4) is 0 Å². The van der Waals surface area contributed by atoms with Gasteiger partial charge in [0.05, 0.1) is 12.8 Å². The fourth-order valence-electron chi connectivity index (χ4n) is 3.64. The van der Waals surface area contributed by atoms with Gasteiger partial charge in [-0.05, 0) is 45.2 Å². The van der Waals surface area contributed by atoms with E-state index in [1.165, 1.54) is 16.8 Å². The van der Waals surface area contributed by atoms with Crippen LogP contribution in [-0.2, 0) is 14.9 Å². The smallest absolute Gasteiger partial charge is 0.323 e. The van der Waals surface area contributed by atoms with Crippen LogP contribution >= 0.6 is 0 Å². The summed E-state index contributed by atoms with van der Waals surface area (Å²) in [7, 11) is 0. The second kappa shape index (κ2) is 5.76. The molecule has 3 rings (SSSR count). The highest BCUT2D eigenvalue weighted by molar-refractivity contribution is 5.78. The Balaban J connectivity index is 1.94. The van der Waals surface area contributed by atoms with Gasteiger partial charge in [-0.15, -0.1) is 0 Å². The van der Waals surface area contributed by atoms with E-state index in [4.69, 9.17) is 4.74 Å². The maximum Gasteiger partial charge on any atom is 0.323 e. The molecule has 1 fully saturated rings. The third-order valence-corrected chi connectivity index (χ3v) is 4.70. The van der Waals surface area contributed by atoms with Gasteiger partial charge < -0.3 is 10.1 Å². The molecule has 0 aliphatic carbocycles. The summed E-state index contributed by atoms with van der Waals surface area (Å²) in [4.78, 5) is 12.1. The molecule has 3 atom stereocenters. The van der Waals surface area contributed by atoms with Crippen molar-refractivity contribution in [3.63, 3.8) is 0 Å². The number of para-hydroxylation sites is 1. The topological polar surface area (TPSA) is 50.4 Å². The summed E-state index contributed by atoms with van der Waals surface area (Å²) in [5.41, 5.74) is 3.70. The first kappa shape index (κ1) is 15.1. The molecule has 4 heteroatoms. The Hall–Kier alpha value is -1.81. The summed E-state index contributed by atoms with van der Waals surface area (Å²) < 4.78 is 5.20. The molecule has 2 aliphatic rings. The van der Waals surface area contributed by atoms with Crippen molar-refractivity contribution < 1.29 is 9.53 Å². The number of fused-ring (bicyclic) bond motifs is 3. The summed E-state index contributed by atoms with van der Waals surface area (Å²) in [5.74, 6) is -0.146. The maximum absolute atomic E-state index is 12.1. The molecule has 0 spiro atoms. The van der Waals surface area contributed by atoms with Gasteiger partial charge in [-0.25, -0.2) is 0 Å². The van der Waals surface area contributed by atoms with E-state index in [0.717, 1.165) is 12.8 Å². The number of carbonyl (C=O) groups is 1. The number of carbonyl (C=O) groups excluding carboxylic acids is 1. The zero-order valence-corrected chi connectivity index (χ0v) is 13.5. The van der Waals surface area contributed by atoms with E-state index in [0.29, 0.717) is 6.61 Å². The Morgan fingerprint density at radius 3 is 2.91 bits per heavy atom. The number of esters is 1. The highest BCUT2D eigenvalue weighted by Gasteiger charge is 2.54. The average Bonchev–Trinajstić information content (AvgIpc) is 2.98. The van der Waals surface area contributed by atoms with Crippen molar-refractivity contribution >= 4 is 11.7 Å². The van der Waals surface area contributed by atoms with Gasteiger partial charge in [-0.1, -0.05) is 29.8 Å². The summed E-state index contributed by atoms with van der Waals surface area (Å²) in [5, 5.41) is 6.97. The van der Waals surface area contributed by atoms with Crippen LogP contribution in [-0.4, -0.2) is 24.8 Å². The normalized spacial score (nSPS) is 28.5. The number of hydrogen-bond donors (Lipinski definition) is 2. The summed E-state index contributed by atoms with van der Waals surface area (Å²) >= 11 is 0. The van der Waals surface area contributed by atoms with E-state index in [-0.39, 0.29) is 23.6 Å². The molecule has 22 heavy (non-hydrogen) atoms. The largest absolute Gasteiger partial charge is 0.465 e. The van der Waals surface area contributed by atoms with Crippen LogP contribution in [0.4, 0.5) is 5.69 Å². The molecular formula is C18H24N2O2. The van der Waals surface area contributed by atoms with Gasteiger partial charge >= 0.3 is 5.97 Å². The molecule has 0 radical (unpaired) electrons. The first-order chi connectivity index (χ1) is 10.6. The van der Waals surface area contributed by atoms with Crippen LogP contribution in [0.2, 0.25) is 0 Å². The molecule has 2 aliphatic heterocycles. The zero-order valence-electron chi connectivity index (χ0n) is 13.5. The molecule has 0 amide bonds. The second-order valence-corrected chi connectivity index (χ2v) is 6.44. The Bertz CT molecular complexity index is 607. The van der Waals surface area contributed by atoms with E-state index in [9.17, 15) is 4.79 Å². The number of allylic oxidation sites excluding steroid dienone is 2. The predicted molar refractivity (Wildman–Crippen MR) is 87.8 cm³/mol. The molecular weight excluding hydrogens is 276 g/mol. The summed E-state index contributed by atoms with van der Waals surface area (Å²) in [6.07, 6.45) is 4.04. The fraction of sp³-hybridized carbons (Fsp3) is 0.500. The van der Waals surface area contributed by atoms with E-state index in [1.54, 1.807) is 0 Å². The Morgan fingerprint density at radius 1 is 1.41 bits per heavy atom. The van der Waals surface area contributed by atoms with E-state index in [1.807, 2.05) is 13.0 Å². The number of anilines is 1. The standard InChI is InChI=1S/C18H24N2O2/c1-4-22-16(21)15-11-18(10-9-12(2)3)13-7-5-6-8-14(13)19-17(18)20-15/h5-9,15,17,19-20H,4,10-11H2,1-3H3/t15-,17-,18-/m0/s1. The number of benzene rings is 1. The average molecular weight is 300 g/mol. The lowest BCUT2D eigenvalue weighted by Gasteiger charge is -2.28. The predicted octanol–water partition coefficient (Wildman–Crippen LogP) is 2.96. The number of rotatable bonds is 4. The minimum atomic E-state index is -0.239. The van der Waals surface area contributed by atoms with Crippen molar-refractivity contribution in [3.8, 4) is 0 Å². The first-order valence-corrected chi connectivity index (χ1v) is 7.99. The Labute approximate surface area is 131 Å². The quantitative estimate of drug-likeness (QED) is 0.663. The van der Waals surface area contributed by atoms with Gasteiger partial charge in [0.2, 0.25) is 0 Å². The monoisotopic (exact) mass is 300 g/mol. The summed E-state index contributed by atoms with van der Waals surface area (Å²) in [6.45, 7) is 6.50. The van der Waals surface area contributed by atoms with Crippen LogP contribution in [0, 0.1) is 0 Å². The van der Waals surface area contributed by atoms with Gasteiger partial charge in [0.1, 0.15) is 6.04 Å². The highest BCUT2D eigenvalue weighted by Crippen LogP contribution is 2.49. The number of ether oxygens (including phenoxy) is 1. The molecule has 0 bridgehead atoms. The molecule has 118 valence electrons. The second-order valence-electron chi connectivity index (χ2n) is 6.44. The third-order valence-electron chi connectivity index (χ3n) is 4.70. The van der Waals surface area contributed by atoms with Gasteiger partial charge in [0, 0.05) is 11.1 Å². The molecule has 2 N–H and O–H groups in total. The van der Waals surface area contributed by atoms with Crippen LogP contribution < -0.4 is 10.6 Å².